The van der Waals surface area contributed by atoms with Crippen LogP contribution in [0.15, 0.2) is 82.1 Å². The van der Waals surface area contributed by atoms with Crippen LogP contribution in [0.4, 0.5) is 5.69 Å². The van der Waals surface area contributed by atoms with Crippen molar-refractivity contribution in [1.82, 2.24) is 14.9 Å². The third-order valence-corrected chi connectivity index (χ3v) is 8.70. The number of fused-ring (bicyclic) bond motifs is 8. The average molecular weight is 569 g/mol. The van der Waals surface area contributed by atoms with Gasteiger partial charge < -0.3 is 0 Å². The van der Waals surface area contributed by atoms with Gasteiger partial charge in [-0.3, -0.25) is 24.3 Å². The molecule has 0 unspecified atom stereocenters. The maximum atomic E-state index is 14.4. The smallest absolute Gasteiger partial charge is 0.266 e. The Labute approximate surface area is 227 Å². The van der Waals surface area contributed by atoms with Crippen molar-refractivity contribution in [3.05, 3.63) is 99.0 Å². The molecule has 4 aromatic rings. The van der Waals surface area contributed by atoms with E-state index in [9.17, 15) is 14.4 Å². The molecule has 1 N–H and O–H groups in total. The third-order valence-electron chi connectivity index (χ3n) is 8.17. The van der Waals surface area contributed by atoms with Crippen molar-refractivity contribution in [1.29, 1.82) is 0 Å². The van der Waals surface area contributed by atoms with Gasteiger partial charge in [-0.05, 0) is 54.8 Å². The molecule has 0 aliphatic carbocycles. The molecular weight excluding hydrogens is 544 g/mol. The van der Waals surface area contributed by atoms with E-state index in [-0.39, 0.29) is 29.3 Å². The van der Waals surface area contributed by atoms with E-state index in [1.165, 1.54) is 4.90 Å². The second kappa shape index (κ2) is 8.19. The molecule has 0 bridgehead atoms. The van der Waals surface area contributed by atoms with Crippen LogP contribution in [0.5, 0.6) is 0 Å². The van der Waals surface area contributed by atoms with Gasteiger partial charge >= 0.3 is 0 Å². The molecule has 7 rings (SSSR count). The highest BCUT2D eigenvalue weighted by molar-refractivity contribution is 9.10. The molecule has 38 heavy (non-hydrogen) atoms. The van der Waals surface area contributed by atoms with Gasteiger partial charge in [0.05, 0.1) is 34.1 Å². The number of hydrogen-bond donors (Lipinski definition) is 1. The Morgan fingerprint density at radius 3 is 2.42 bits per heavy atom. The zero-order chi connectivity index (χ0) is 26.3. The van der Waals surface area contributed by atoms with Gasteiger partial charge in [0.25, 0.3) is 5.56 Å². The number of imide groups is 1. The fourth-order valence-electron chi connectivity index (χ4n) is 6.77. The largest absolute Gasteiger partial charge is 0.297 e. The van der Waals surface area contributed by atoms with Gasteiger partial charge in [-0.2, -0.15) is 0 Å². The van der Waals surface area contributed by atoms with Gasteiger partial charge in [0.15, 0.2) is 0 Å². The van der Waals surface area contributed by atoms with Crippen LogP contribution >= 0.6 is 15.9 Å². The monoisotopic (exact) mass is 568 g/mol. The highest BCUT2D eigenvalue weighted by Crippen LogP contribution is 2.56. The molecule has 2 amide bonds. The van der Waals surface area contributed by atoms with Crippen LogP contribution in [0.1, 0.15) is 31.7 Å². The predicted molar refractivity (Wildman–Crippen MR) is 148 cm³/mol. The lowest BCUT2D eigenvalue weighted by molar-refractivity contribution is -0.123. The summed E-state index contributed by atoms with van der Waals surface area (Å²) < 4.78 is 2.50. The second-order valence-electron chi connectivity index (χ2n) is 10.8. The average Bonchev–Trinajstić information content (AvgIpc) is 3.48. The summed E-state index contributed by atoms with van der Waals surface area (Å²) in [6, 6.07) is 21.9. The van der Waals surface area contributed by atoms with Crippen molar-refractivity contribution in [2.24, 2.45) is 17.8 Å². The van der Waals surface area contributed by atoms with Crippen LogP contribution in [0.2, 0.25) is 0 Å². The van der Waals surface area contributed by atoms with Crippen molar-refractivity contribution < 1.29 is 9.59 Å². The number of anilines is 1. The molecule has 3 aliphatic heterocycles. The van der Waals surface area contributed by atoms with E-state index in [0.29, 0.717) is 34.5 Å². The number of nitrogens with one attached hydrogen (secondary N) is 1. The summed E-state index contributed by atoms with van der Waals surface area (Å²) >= 11 is 3.44. The molecule has 8 heteroatoms. The number of aromatic nitrogens is 2. The lowest BCUT2D eigenvalue weighted by Gasteiger charge is -2.32. The highest BCUT2D eigenvalue weighted by atomic mass is 79.9. The number of amides is 2. The molecule has 2 fully saturated rings. The maximum Gasteiger partial charge on any atom is 0.266 e. The fourth-order valence-corrected chi connectivity index (χ4v) is 7.04. The molecule has 3 aliphatic rings. The quantitative estimate of drug-likeness (QED) is 0.367. The highest BCUT2D eigenvalue weighted by Gasteiger charge is 2.69. The first-order chi connectivity index (χ1) is 18.3. The summed E-state index contributed by atoms with van der Waals surface area (Å²) in [5.41, 5.74) is 1.34. The van der Waals surface area contributed by atoms with Crippen molar-refractivity contribution >= 4 is 44.3 Å². The summed E-state index contributed by atoms with van der Waals surface area (Å²) in [6.07, 6.45) is 0.704. The first-order valence-corrected chi connectivity index (χ1v) is 13.7. The first kappa shape index (κ1) is 23.5. The van der Waals surface area contributed by atoms with E-state index >= 15 is 0 Å². The lowest BCUT2D eigenvalue weighted by atomic mass is 9.75. The number of benzene rings is 3. The molecule has 0 saturated carbocycles. The Bertz CT molecular complexity index is 1710. The van der Waals surface area contributed by atoms with Gasteiger partial charge in [-0.1, -0.05) is 60.1 Å². The van der Waals surface area contributed by atoms with E-state index in [2.05, 4.69) is 35.1 Å². The van der Waals surface area contributed by atoms with Gasteiger partial charge in [0.1, 0.15) is 11.4 Å². The zero-order valence-corrected chi connectivity index (χ0v) is 22.5. The molecule has 4 atom stereocenters. The maximum absolute atomic E-state index is 14.4. The number of halogens is 1. The lowest BCUT2D eigenvalue weighted by Crippen LogP contribution is -2.50. The normalized spacial score (nSPS) is 25.5. The number of hydrogen-bond acceptors (Lipinski definition) is 5. The van der Waals surface area contributed by atoms with Gasteiger partial charge in [-0.15, -0.1) is 0 Å². The van der Waals surface area contributed by atoms with E-state index in [0.717, 1.165) is 10.0 Å². The predicted octanol–water partition coefficient (Wildman–Crippen LogP) is 4.53. The number of para-hydroxylation sites is 2. The van der Waals surface area contributed by atoms with Crippen molar-refractivity contribution in [3.63, 3.8) is 0 Å². The topological polar surface area (TPSA) is 84.3 Å². The SMILES string of the molecule is CC(C)C[C@@H]1N[C@@]2(c3ccccc3-n3c2nc2ccccc2c3=O)[C@H]2C(=O)N(c3ccc(Br)cc3)C(=O)[C@@H]12. The number of carbonyl (C=O) groups is 2. The van der Waals surface area contributed by atoms with Crippen LogP contribution in [0.25, 0.3) is 16.6 Å². The van der Waals surface area contributed by atoms with Crippen LogP contribution in [-0.2, 0) is 15.1 Å². The van der Waals surface area contributed by atoms with Crippen molar-refractivity contribution in [2.45, 2.75) is 31.8 Å². The third kappa shape index (κ3) is 2.98. The Morgan fingerprint density at radius 2 is 1.66 bits per heavy atom. The minimum Gasteiger partial charge on any atom is -0.297 e. The van der Waals surface area contributed by atoms with Crippen LogP contribution in [0, 0.1) is 17.8 Å². The van der Waals surface area contributed by atoms with E-state index in [1.807, 2.05) is 54.6 Å². The van der Waals surface area contributed by atoms with Crippen LogP contribution < -0.4 is 15.8 Å². The van der Waals surface area contributed by atoms with E-state index in [1.54, 1.807) is 22.8 Å². The molecule has 1 spiro atoms. The number of rotatable bonds is 3. The van der Waals surface area contributed by atoms with E-state index < -0.39 is 17.4 Å². The molecule has 190 valence electrons. The Morgan fingerprint density at radius 1 is 0.947 bits per heavy atom. The Hall–Kier alpha value is -3.62. The summed E-state index contributed by atoms with van der Waals surface area (Å²) in [5.74, 6) is -1.05. The second-order valence-corrected chi connectivity index (χ2v) is 11.7. The standard InChI is InChI=1S/C30H25BrN4O3/c1-16(2)15-22-24-25(28(38)34(27(24)37)18-13-11-17(31)12-14-18)30(33-22)20-8-4-6-10-23(20)35-26(36)19-7-3-5-9-21(19)32-29(30)35/h3-14,16,22,24-25,33H,15H2,1-2H3/t22-,24-,25+,30-/m0/s1. The molecule has 7 nitrogen and oxygen atoms in total. The summed E-state index contributed by atoms with van der Waals surface area (Å²) in [6.45, 7) is 4.23. The first-order valence-electron chi connectivity index (χ1n) is 12.9. The van der Waals surface area contributed by atoms with Crippen LogP contribution in [-0.4, -0.2) is 27.4 Å². The molecule has 2 saturated heterocycles. The Balaban J connectivity index is 1.52. The van der Waals surface area contributed by atoms with Gasteiger partial charge in [0.2, 0.25) is 11.8 Å². The number of carbonyl (C=O) groups excluding carboxylic acids is 2. The molecule has 0 radical (unpaired) electrons. The molecule has 4 heterocycles. The van der Waals surface area contributed by atoms with Gasteiger partial charge in [0, 0.05) is 16.1 Å². The van der Waals surface area contributed by atoms with Gasteiger partial charge in [-0.25, -0.2) is 9.88 Å². The summed E-state index contributed by atoms with van der Waals surface area (Å²) in [5, 5.41) is 4.26. The molecular formula is C30H25BrN4O3. The van der Waals surface area contributed by atoms with Crippen molar-refractivity contribution in [3.8, 4) is 5.69 Å². The minimum atomic E-state index is -1.11. The summed E-state index contributed by atoms with van der Waals surface area (Å²) in [7, 11) is 0. The zero-order valence-electron chi connectivity index (χ0n) is 20.9. The minimum absolute atomic E-state index is 0.179. The molecule has 3 aromatic carbocycles. The summed E-state index contributed by atoms with van der Waals surface area (Å²) in [4.78, 5) is 48.7. The fraction of sp³-hybridized carbons (Fsp3) is 0.267. The van der Waals surface area contributed by atoms with Crippen molar-refractivity contribution in [2.75, 3.05) is 4.90 Å². The molecule has 1 aromatic heterocycles. The number of nitrogens with zero attached hydrogens (tertiary/aromatic N) is 3. The van der Waals surface area contributed by atoms with Crippen LogP contribution in [0.3, 0.4) is 0 Å². The van der Waals surface area contributed by atoms with E-state index in [4.69, 9.17) is 4.98 Å². The Kier molecular flexibility index (Phi) is 5.06.